The highest BCUT2D eigenvalue weighted by Gasteiger charge is 2.18. The number of carbonyl (C=O) groups is 1. The molecule has 0 bridgehead atoms. The Morgan fingerprint density at radius 2 is 2.24 bits per heavy atom. The van der Waals surface area contributed by atoms with Crippen LogP contribution < -0.4 is 10.1 Å². The van der Waals surface area contributed by atoms with Crippen molar-refractivity contribution in [2.45, 2.75) is 24.3 Å². The number of tetrazole rings is 1. The first kappa shape index (κ1) is 15.3. The van der Waals surface area contributed by atoms with Gasteiger partial charge in [-0.05, 0) is 36.4 Å². The molecule has 0 unspecified atom stereocenters. The Hall–Kier alpha value is -2.09. The molecule has 0 radical (unpaired) electrons. The summed E-state index contributed by atoms with van der Waals surface area (Å²) < 4.78 is 7.01. The number of nitrogens with one attached hydrogen (secondary N) is 1. The summed E-state index contributed by atoms with van der Waals surface area (Å²) in [5.41, 5.74) is 0.660. The molecule has 0 saturated heterocycles. The van der Waals surface area contributed by atoms with Gasteiger partial charge in [0.05, 0.1) is 17.5 Å². The molecule has 0 fully saturated rings. The zero-order valence-electron chi connectivity index (χ0n) is 12.1. The lowest BCUT2D eigenvalue weighted by Crippen LogP contribution is -2.23. The molecule has 1 atom stereocenters. The van der Waals surface area contributed by atoms with Crippen LogP contribution in [-0.4, -0.2) is 38.0 Å². The van der Waals surface area contributed by atoms with E-state index in [0.717, 1.165) is 0 Å². The van der Waals surface area contributed by atoms with Crippen molar-refractivity contribution in [3.05, 3.63) is 24.3 Å². The van der Waals surface area contributed by atoms with E-state index in [1.807, 2.05) is 31.2 Å². The Labute approximate surface area is 127 Å². The van der Waals surface area contributed by atoms with Gasteiger partial charge in [-0.2, -0.15) is 0 Å². The average Bonchev–Trinajstić information content (AvgIpc) is 2.86. The molecule has 8 heteroatoms. The average molecular weight is 307 g/mol. The molecule has 0 aliphatic carbocycles. The zero-order chi connectivity index (χ0) is 15.2. The summed E-state index contributed by atoms with van der Waals surface area (Å²) in [6.07, 6.45) is 0. The van der Waals surface area contributed by atoms with Gasteiger partial charge in [0.15, 0.2) is 0 Å². The number of aromatic nitrogens is 4. The van der Waals surface area contributed by atoms with Crippen LogP contribution in [0.25, 0.3) is 0 Å². The molecule has 21 heavy (non-hydrogen) atoms. The molecule has 1 N–H and O–H groups in total. The van der Waals surface area contributed by atoms with Crippen molar-refractivity contribution in [2.24, 2.45) is 7.05 Å². The minimum absolute atomic E-state index is 0.129. The maximum atomic E-state index is 12.2. The number of amides is 1. The predicted molar refractivity (Wildman–Crippen MR) is 80.4 cm³/mol. The number of anilines is 1. The number of carbonyl (C=O) groups excluding carboxylic acids is 1. The van der Waals surface area contributed by atoms with Gasteiger partial charge in [-0.15, -0.1) is 5.10 Å². The molecule has 1 aromatic heterocycles. The maximum absolute atomic E-state index is 12.2. The quantitative estimate of drug-likeness (QED) is 0.818. The van der Waals surface area contributed by atoms with Crippen LogP contribution in [0.15, 0.2) is 29.4 Å². The summed E-state index contributed by atoms with van der Waals surface area (Å²) in [5.74, 6) is 0.529. The first-order valence-electron chi connectivity index (χ1n) is 6.53. The molecule has 1 aromatic carbocycles. The van der Waals surface area contributed by atoms with Gasteiger partial charge in [-0.3, -0.25) is 4.79 Å². The first-order chi connectivity index (χ1) is 10.1. The fraction of sp³-hybridized carbons (Fsp3) is 0.385. The highest BCUT2D eigenvalue weighted by molar-refractivity contribution is 8.00. The zero-order valence-corrected chi connectivity index (χ0v) is 12.9. The second-order valence-electron chi connectivity index (χ2n) is 4.26. The molecule has 0 aliphatic rings. The molecule has 2 rings (SSSR count). The summed E-state index contributed by atoms with van der Waals surface area (Å²) in [7, 11) is 1.73. The van der Waals surface area contributed by atoms with E-state index < -0.39 is 0 Å². The highest BCUT2D eigenvalue weighted by atomic mass is 32.2. The van der Waals surface area contributed by atoms with Crippen LogP contribution >= 0.6 is 11.8 Å². The number of rotatable bonds is 6. The van der Waals surface area contributed by atoms with Crippen LogP contribution in [0.3, 0.4) is 0 Å². The molecule has 0 aliphatic heterocycles. The lowest BCUT2D eigenvalue weighted by atomic mass is 10.3. The van der Waals surface area contributed by atoms with Gasteiger partial charge in [0, 0.05) is 7.05 Å². The number of hydrogen-bond donors (Lipinski definition) is 1. The van der Waals surface area contributed by atoms with E-state index >= 15 is 0 Å². The summed E-state index contributed by atoms with van der Waals surface area (Å²) >= 11 is 1.30. The van der Waals surface area contributed by atoms with Crippen molar-refractivity contribution in [3.63, 3.8) is 0 Å². The first-order valence-corrected chi connectivity index (χ1v) is 7.41. The smallest absolute Gasteiger partial charge is 0.237 e. The van der Waals surface area contributed by atoms with E-state index in [2.05, 4.69) is 20.8 Å². The monoisotopic (exact) mass is 307 g/mol. The number of thioether (sulfide) groups is 1. The fourth-order valence-corrected chi connectivity index (χ4v) is 2.37. The lowest BCUT2D eigenvalue weighted by molar-refractivity contribution is -0.115. The largest absolute Gasteiger partial charge is 0.492 e. The number of hydrogen-bond acceptors (Lipinski definition) is 6. The minimum atomic E-state index is -0.329. The number of para-hydroxylation sites is 2. The Morgan fingerprint density at radius 3 is 2.90 bits per heavy atom. The lowest BCUT2D eigenvalue weighted by Gasteiger charge is -2.14. The van der Waals surface area contributed by atoms with Crippen molar-refractivity contribution in [1.29, 1.82) is 0 Å². The van der Waals surface area contributed by atoms with Gasteiger partial charge in [0.1, 0.15) is 5.75 Å². The topological polar surface area (TPSA) is 81.9 Å². The van der Waals surface area contributed by atoms with Gasteiger partial charge in [0.2, 0.25) is 11.1 Å². The summed E-state index contributed by atoms with van der Waals surface area (Å²) in [4.78, 5) is 12.2. The van der Waals surface area contributed by atoms with Crippen LogP contribution in [-0.2, 0) is 11.8 Å². The molecule has 0 saturated carbocycles. The van der Waals surface area contributed by atoms with Gasteiger partial charge < -0.3 is 10.1 Å². The van der Waals surface area contributed by atoms with Crippen LogP contribution in [0.1, 0.15) is 13.8 Å². The minimum Gasteiger partial charge on any atom is -0.492 e. The maximum Gasteiger partial charge on any atom is 0.237 e. The van der Waals surface area contributed by atoms with E-state index in [1.165, 1.54) is 16.4 Å². The Kier molecular flexibility index (Phi) is 5.15. The molecule has 2 aromatic rings. The van der Waals surface area contributed by atoms with E-state index in [9.17, 15) is 4.79 Å². The molecular formula is C13H17N5O2S. The third-order valence-corrected chi connectivity index (χ3v) is 3.80. The molecule has 112 valence electrons. The Bertz CT molecular complexity index is 616. The number of nitrogens with zero attached hydrogens (tertiary/aromatic N) is 4. The third kappa shape index (κ3) is 3.94. The van der Waals surface area contributed by atoms with Gasteiger partial charge in [-0.25, -0.2) is 4.68 Å². The standard InChI is InChI=1S/C13H17N5O2S/c1-4-20-11-8-6-5-7-10(11)14-12(19)9(2)21-13-15-16-17-18(13)3/h5-9H,4H2,1-3H3,(H,14,19)/t9-/m1/s1. The molecule has 1 heterocycles. The van der Waals surface area contributed by atoms with E-state index in [-0.39, 0.29) is 11.2 Å². The third-order valence-electron chi connectivity index (χ3n) is 2.68. The molecule has 7 nitrogen and oxygen atoms in total. The summed E-state index contributed by atoms with van der Waals surface area (Å²) in [6.45, 7) is 4.25. The highest BCUT2D eigenvalue weighted by Crippen LogP contribution is 2.26. The summed E-state index contributed by atoms with van der Waals surface area (Å²) in [5, 5.41) is 14.3. The molecule has 0 spiro atoms. The molecular weight excluding hydrogens is 290 g/mol. The van der Waals surface area contributed by atoms with Crippen molar-refractivity contribution in [2.75, 3.05) is 11.9 Å². The normalized spacial score (nSPS) is 12.0. The predicted octanol–water partition coefficient (Wildman–Crippen LogP) is 1.73. The van der Waals surface area contributed by atoms with Crippen molar-refractivity contribution in [1.82, 2.24) is 20.2 Å². The number of aryl methyl sites for hydroxylation is 1. The van der Waals surface area contributed by atoms with Gasteiger partial charge >= 0.3 is 0 Å². The van der Waals surface area contributed by atoms with E-state index in [0.29, 0.717) is 23.2 Å². The van der Waals surface area contributed by atoms with Crippen molar-refractivity contribution >= 4 is 23.4 Å². The van der Waals surface area contributed by atoms with Crippen LogP contribution in [0.2, 0.25) is 0 Å². The van der Waals surface area contributed by atoms with Crippen LogP contribution in [0.4, 0.5) is 5.69 Å². The van der Waals surface area contributed by atoms with E-state index in [4.69, 9.17) is 4.74 Å². The SMILES string of the molecule is CCOc1ccccc1NC(=O)[C@@H](C)Sc1nnnn1C. The van der Waals surface area contributed by atoms with Crippen LogP contribution in [0.5, 0.6) is 5.75 Å². The van der Waals surface area contributed by atoms with Crippen molar-refractivity contribution in [3.8, 4) is 5.75 Å². The van der Waals surface area contributed by atoms with Gasteiger partial charge in [-0.1, -0.05) is 23.9 Å². The summed E-state index contributed by atoms with van der Waals surface area (Å²) in [6, 6.07) is 7.35. The van der Waals surface area contributed by atoms with Gasteiger partial charge in [0.25, 0.3) is 0 Å². The Balaban J connectivity index is 2.02. The number of ether oxygens (including phenoxy) is 1. The van der Waals surface area contributed by atoms with E-state index in [1.54, 1.807) is 14.0 Å². The second-order valence-corrected chi connectivity index (χ2v) is 5.57. The molecule has 1 amide bonds. The van der Waals surface area contributed by atoms with Crippen LogP contribution in [0, 0.1) is 0 Å². The van der Waals surface area contributed by atoms with Crippen molar-refractivity contribution < 1.29 is 9.53 Å². The Morgan fingerprint density at radius 1 is 1.48 bits per heavy atom. The second kappa shape index (κ2) is 7.07. The number of benzene rings is 1. The fourth-order valence-electron chi connectivity index (χ4n) is 1.62.